The number of carbonyl (C=O) groups excluding carboxylic acids is 1. The van der Waals surface area contributed by atoms with Crippen molar-refractivity contribution in [3.63, 3.8) is 0 Å². The zero-order valence-corrected chi connectivity index (χ0v) is 20.9. The van der Waals surface area contributed by atoms with Crippen molar-refractivity contribution in [2.24, 2.45) is 0 Å². The van der Waals surface area contributed by atoms with Crippen LogP contribution in [0.5, 0.6) is 0 Å². The summed E-state index contributed by atoms with van der Waals surface area (Å²) >= 11 is 1.09. The van der Waals surface area contributed by atoms with Crippen LogP contribution in [0.25, 0.3) is 0 Å². The number of carbonyl (C=O) groups is 1. The molecule has 1 N–H and O–H groups in total. The second-order valence-corrected chi connectivity index (χ2v) is 12.8. The van der Waals surface area contributed by atoms with Gasteiger partial charge in [-0.1, -0.05) is 18.6 Å². The molecule has 0 aliphatic carbocycles. The molecule has 8 nitrogen and oxygen atoms in total. The van der Waals surface area contributed by atoms with Crippen molar-refractivity contribution in [1.82, 2.24) is 13.9 Å². The lowest BCUT2D eigenvalue weighted by molar-refractivity contribution is 0.0951. The Bertz CT molecular complexity index is 1150. The van der Waals surface area contributed by atoms with Crippen LogP contribution in [-0.2, 0) is 26.6 Å². The summed E-state index contributed by atoms with van der Waals surface area (Å²) in [7, 11) is -5.75. The fourth-order valence-corrected chi connectivity index (χ4v) is 7.60. The van der Waals surface area contributed by atoms with Crippen molar-refractivity contribution in [2.75, 3.05) is 20.1 Å². The van der Waals surface area contributed by atoms with Crippen LogP contribution in [0.15, 0.2) is 45.5 Å². The highest BCUT2D eigenvalue weighted by Crippen LogP contribution is 2.27. The van der Waals surface area contributed by atoms with E-state index in [4.69, 9.17) is 0 Å². The topological polar surface area (TPSA) is 104 Å². The van der Waals surface area contributed by atoms with E-state index in [1.807, 2.05) is 0 Å². The first-order chi connectivity index (χ1) is 15.0. The molecule has 0 unspecified atom stereocenters. The van der Waals surface area contributed by atoms with Gasteiger partial charge in [0, 0.05) is 32.7 Å². The minimum Gasteiger partial charge on any atom is -0.347 e. The fraction of sp³-hybridized carbons (Fsp3) is 0.476. The van der Waals surface area contributed by atoms with E-state index in [1.165, 1.54) is 33.9 Å². The van der Waals surface area contributed by atoms with Gasteiger partial charge in [-0.2, -0.15) is 8.61 Å². The molecule has 0 saturated carbocycles. The highest BCUT2D eigenvalue weighted by atomic mass is 32.2. The van der Waals surface area contributed by atoms with Crippen LogP contribution < -0.4 is 5.32 Å². The summed E-state index contributed by atoms with van der Waals surface area (Å²) in [6, 6.07) is 7.61. The van der Waals surface area contributed by atoms with Crippen molar-refractivity contribution in [2.45, 2.75) is 55.5 Å². The van der Waals surface area contributed by atoms with Gasteiger partial charge in [0.2, 0.25) is 20.0 Å². The predicted molar refractivity (Wildman–Crippen MR) is 125 cm³/mol. The fourth-order valence-electron chi connectivity index (χ4n) is 3.40. The van der Waals surface area contributed by atoms with Gasteiger partial charge < -0.3 is 5.32 Å². The third-order valence-electron chi connectivity index (χ3n) is 5.55. The molecule has 1 fully saturated rings. The average Bonchev–Trinajstić information content (AvgIpc) is 3.29. The molecule has 2 heterocycles. The van der Waals surface area contributed by atoms with Crippen LogP contribution in [0.1, 0.15) is 48.3 Å². The Kier molecular flexibility index (Phi) is 7.77. The summed E-state index contributed by atoms with van der Waals surface area (Å²) in [6.07, 6.45) is 2.66. The maximum atomic E-state index is 13.0. The van der Waals surface area contributed by atoms with Gasteiger partial charge in [-0.15, -0.1) is 11.3 Å². The largest absolute Gasteiger partial charge is 0.347 e. The number of thiophene rings is 1. The van der Waals surface area contributed by atoms with Gasteiger partial charge >= 0.3 is 0 Å². The number of nitrogens with zero attached hydrogens (tertiary/aromatic N) is 2. The van der Waals surface area contributed by atoms with Gasteiger partial charge in [0.15, 0.2) is 0 Å². The van der Waals surface area contributed by atoms with Gasteiger partial charge in [-0.05, 0) is 55.8 Å². The van der Waals surface area contributed by atoms with Crippen molar-refractivity contribution < 1.29 is 21.6 Å². The molecule has 176 valence electrons. The van der Waals surface area contributed by atoms with Crippen LogP contribution in [-0.4, -0.2) is 57.5 Å². The van der Waals surface area contributed by atoms with Gasteiger partial charge in [-0.25, -0.2) is 16.8 Å². The lowest BCUT2D eigenvalue weighted by Gasteiger charge is -2.25. The summed E-state index contributed by atoms with van der Waals surface area (Å²) in [5.41, 5.74) is 0.710. The molecule has 1 aliphatic rings. The van der Waals surface area contributed by atoms with Gasteiger partial charge in [-0.3, -0.25) is 4.79 Å². The van der Waals surface area contributed by atoms with E-state index >= 15 is 0 Å². The molecule has 11 heteroatoms. The monoisotopic (exact) mass is 499 g/mol. The zero-order valence-electron chi connectivity index (χ0n) is 18.4. The van der Waals surface area contributed by atoms with Gasteiger partial charge in [0.1, 0.15) is 9.77 Å². The summed E-state index contributed by atoms with van der Waals surface area (Å²) in [5, 5.41) is 4.35. The Morgan fingerprint density at radius 3 is 2.28 bits per heavy atom. The van der Waals surface area contributed by atoms with Crippen LogP contribution in [0, 0.1) is 0 Å². The Balaban J connectivity index is 1.69. The molecule has 0 bridgehead atoms. The Hall–Kier alpha value is -1.79. The normalized spacial score (nSPS) is 15.9. The molecule has 1 aromatic heterocycles. The lowest BCUT2D eigenvalue weighted by atomic mass is 10.2. The molecule has 1 amide bonds. The number of piperidine rings is 1. The molecule has 1 aliphatic heterocycles. The number of rotatable bonds is 8. The van der Waals surface area contributed by atoms with Crippen molar-refractivity contribution in [3.05, 3.63) is 46.2 Å². The Labute approximate surface area is 194 Å². The minimum atomic E-state index is -3.70. The highest BCUT2D eigenvalue weighted by molar-refractivity contribution is 7.89. The van der Waals surface area contributed by atoms with E-state index in [0.717, 1.165) is 30.6 Å². The molecule has 1 saturated heterocycles. The number of amides is 1. The zero-order chi connectivity index (χ0) is 23.5. The number of hydrogen-bond donors (Lipinski definition) is 1. The highest BCUT2D eigenvalue weighted by Gasteiger charge is 2.31. The first kappa shape index (κ1) is 24.8. The summed E-state index contributed by atoms with van der Waals surface area (Å²) < 4.78 is 53.8. The lowest BCUT2D eigenvalue weighted by Crippen LogP contribution is -2.36. The second-order valence-electron chi connectivity index (χ2n) is 8.02. The molecule has 32 heavy (non-hydrogen) atoms. The van der Waals surface area contributed by atoms with Crippen LogP contribution >= 0.6 is 11.3 Å². The Morgan fingerprint density at radius 1 is 1.06 bits per heavy atom. The molecule has 0 atom stereocenters. The first-order valence-corrected chi connectivity index (χ1v) is 14.2. The van der Waals surface area contributed by atoms with E-state index in [2.05, 4.69) is 5.32 Å². The molecule has 2 aromatic rings. The van der Waals surface area contributed by atoms with E-state index in [0.29, 0.717) is 18.7 Å². The second kappa shape index (κ2) is 10.0. The first-order valence-electron chi connectivity index (χ1n) is 10.5. The number of hydrogen-bond acceptors (Lipinski definition) is 6. The molecule has 0 radical (unpaired) electrons. The molecule has 0 spiro atoms. The third kappa shape index (κ3) is 5.23. The van der Waals surface area contributed by atoms with Crippen LogP contribution in [0.2, 0.25) is 0 Å². The van der Waals surface area contributed by atoms with Crippen LogP contribution in [0.3, 0.4) is 0 Å². The maximum absolute atomic E-state index is 13.0. The van der Waals surface area contributed by atoms with Gasteiger partial charge in [0.05, 0.1) is 4.90 Å². The van der Waals surface area contributed by atoms with Crippen molar-refractivity contribution in [1.29, 1.82) is 0 Å². The third-order valence-corrected chi connectivity index (χ3v) is 10.6. The van der Waals surface area contributed by atoms with Crippen LogP contribution in [0.4, 0.5) is 0 Å². The number of nitrogens with one attached hydrogen (secondary N) is 1. The standard InChI is InChI=1S/C21H29N3O5S3/c1-16(2)23(3)31(26,27)18-9-7-17(8-10-18)15-22-21(25)20-19(11-14-30-20)32(28,29)24-12-5-4-6-13-24/h7-11,14,16H,4-6,12-13,15H2,1-3H3,(H,22,25). The van der Waals surface area contributed by atoms with E-state index in [1.54, 1.807) is 31.4 Å². The summed E-state index contributed by atoms with van der Waals surface area (Å²) in [6.45, 7) is 4.69. The predicted octanol–water partition coefficient (Wildman–Crippen LogP) is 2.88. The summed E-state index contributed by atoms with van der Waals surface area (Å²) in [4.78, 5) is 13.1. The molecule has 1 aromatic carbocycles. The number of sulfonamides is 2. The van der Waals surface area contributed by atoms with Gasteiger partial charge in [0.25, 0.3) is 5.91 Å². The smallest absolute Gasteiger partial charge is 0.263 e. The van der Waals surface area contributed by atoms with E-state index in [-0.39, 0.29) is 27.3 Å². The number of benzene rings is 1. The SMILES string of the molecule is CC(C)N(C)S(=O)(=O)c1ccc(CNC(=O)c2sccc2S(=O)(=O)N2CCCCC2)cc1. The van der Waals surface area contributed by atoms with Crippen molar-refractivity contribution in [3.8, 4) is 0 Å². The van der Waals surface area contributed by atoms with E-state index in [9.17, 15) is 21.6 Å². The molecular formula is C21H29N3O5S3. The molecule has 3 rings (SSSR count). The Morgan fingerprint density at radius 2 is 1.69 bits per heavy atom. The minimum absolute atomic E-state index is 0.0417. The quantitative estimate of drug-likeness (QED) is 0.602. The maximum Gasteiger partial charge on any atom is 0.263 e. The van der Waals surface area contributed by atoms with E-state index < -0.39 is 26.0 Å². The average molecular weight is 500 g/mol. The molecular weight excluding hydrogens is 470 g/mol. The van der Waals surface area contributed by atoms with Crippen molar-refractivity contribution >= 4 is 37.3 Å². The summed E-state index contributed by atoms with van der Waals surface area (Å²) in [5.74, 6) is -0.466.